The van der Waals surface area contributed by atoms with Crippen LogP contribution < -0.4 is 14.8 Å². The summed E-state index contributed by atoms with van der Waals surface area (Å²) < 4.78 is 50.1. The summed E-state index contributed by atoms with van der Waals surface area (Å²) >= 11 is 12.3. The zero-order chi connectivity index (χ0) is 29.3. The smallest absolute Gasteiger partial charge is 0.416 e. The highest BCUT2D eigenvalue weighted by atomic mass is 35.5. The normalized spacial score (nSPS) is 14.5. The number of amides is 1. The van der Waals surface area contributed by atoms with Gasteiger partial charge < -0.3 is 19.9 Å². The van der Waals surface area contributed by atoms with Crippen LogP contribution in [0.2, 0.25) is 10.0 Å². The molecule has 1 unspecified atom stereocenters. The van der Waals surface area contributed by atoms with Gasteiger partial charge in [0, 0.05) is 22.8 Å². The van der Waals surface area contributed by atoms with Gasteiger partial charge in [0.05, 0.1) is 33.8 Å². The minimum Gasteiger partial charge on any atom is -0.493 e. The molecule has 210 valence electrons. The Labute approximate surface area is 240 Å². The second kappa shape index (κ2) is 11.3. The van der Waals surface area contributed by atoms with Crippen molar-refractivity contribution in [2.45, 2.75) is 18.5 Å². The quantitative estimate of drug-likeness (QED) is 0.235. The van der Waals surface area contributed by atoms with Crippen LogP contribution in [0.1, 0.15) is 33.8 Å². The maximum absolute atomic E-state index is 12.9. The average Bonchev–Trinajstić information content (AvgIpc) is 2.93. The number of nitrogens with one attached hydrogen (secondary N) is 1. The van der Waals surface area contributed by atoms with Gasteiger partial charge in [-0.1, -0.05) is 29.3 Å². The van der Waals surface area contributed by atoms with Gasteiger partial charge in [-0.2, -0.15) is 13.2 Å². The number of carboxylic acid groups (broad SMARTS) is 1. The third-order valence-corrected chi connectivity index (χ3v) is 6.83. The summed E-state index contributed by atoms with van der Waals surface area (Å²) in [5.74, 6) is -1.05. The fourth-order valence-electron chi connectivity index (χ4n) is 4.16. The van der Waals surface area contributed by atoms with Crippen molar-refractivity contribution in [3.8, 4) is 28.5 Å². The van der Waals surface area contributed by atoms with Gasteiger partial charge in [-0.05, 0) is 61.0 Å². The minimum absolute atomic E-state index is 0.114. The summed E-state index contributed by atoms with van der Waals surface area (Å²) in [7, 11) is 0. The van der Waals surface area contributed by atoms with Crippen LogP contribution in [0.5, 0.6) is 17.2 Å². The Balaban J connectivity index is 1.24. The Kier molecular flexibility index (Phi) is 7.74. The van der Waals surface area contributed by atoms with Crippen LogP contribution in [0, 0.1) is 0 Å². The van der Waals surface area contributed by atoms with Crippen molar-refractivity contribution in [2.75, 3.05) is 11.9 Å². The Morgan fingerprint density at radius 1 is 0.976 bits per heavy atom. The Bertz CT molecular complexity index is 1630. The summed E-state index contributed by atoms with van der Waals surface area (Å²) in [6, 6.07) is 15.0. The van der Waals surface area contributed by atoms with Crippen LogP contribution >= 0.6 is 23.2 Å². The van der Waals surface area contributed by atoms with E-state index in [1.165, 1.54) is 42.5 Å². The van der Waals surface area contributed by atoms with Gasteiger partial charge in [-0.25, -0.2) is 0 Å². The first-order valence-corrected chi connectivity index (χ1v) is 12.7. The number of carboxylic acids is 1. The summed E-state index contributed by atoms with van der Waals surface area (Å²) in [5, 5.41) is 20.0. The van der Waals surface area contributed by atoms with Crippen LogP contribution in [-0.2, 0) is 11.0 Å². The monoisotopic (exact) mass is 603 g/mol. The number of ether oxygens (including phenoxy) is 2. The summed E-state index contributed by atoms with van der Waals surface area (Å²) in [6.45, 7) is 0.255. The third kappa shape index (κ3) is 6.21. The lowest BCUT2D eigenvalue weighted by molar-refractivity contribution is -0.139. The number of alkyl halides is 3. The van der Waals surface area contributed by atoms with E-state index in [2.05, 4.69) is 15.5 Å². The van der Waals surface area contributed by atoms with Crippen molar-refractivity contribution < 1.29 is 37.3 Å². The first kappa shape index (κ1) is 28.2. The van der Waals surface area contributed by atoms with Gasteiger partial charge in [0.2, 0.25) is 0 Å². The number of aliphatic carboxylic acids is 1. The number of benzene rings is 3. The highest BCUT2D eigenvalue weighted by Gasteiger charge is 2.31. The van der Waals surface area contributed by atoms with Gasteiger partial charge in [0.1, 0.15) is 17.2 Å². The molecule has 0 radical (unpaired) electrons. The Morgan fingerprint density at radius 2 is 1.73 bits per heavy atom. The second-order valence-corrected chi connectivity index (χ2v) is 9.74. The van der Waals surface area contributed by atoms with E-state index in [1.54, 1.807) is 12.1 Å². The van der Waals surface area contributed by atoms with Crippen molar-refractivity contribution in [2.24, 2.45) is 0 Å². The van der Waals surface area contributed by atoms with E-state index in [9.17, 15) is 27.9 Å². The zero-order valence-electron chi connectivity index (χ0n) is 20.7. The number of rotatable bonds is 6. The number of halogens is 5. The van der Waals surface area contributed by atoms with Crippen molar-refractivity contribution in [3.05, 3.63) is 93.5 Å². The molecule has 1 atom stereocenters. The summed E-state index contributed by atoms with van der Waals surface area (Å²) in [5.41, 5.74) is 0.360. The molecule has 3 aromatic carbocycles. The molecule has 0 aliphatic carbocycles. The number of aromatic nitrogens is 2. The topological polar surface area (TPSA) is 111 Å². The van der Waals surface area contributed by atoms with Gasteiger partial charge in [-0.15, -0.1) is 10.2 Å². The average molecular weight is 604 g/mol. The molecule has 1 aromatic heterocycles. The lowest BCUT2D eigenvalue weighted by Crippen LogP contribution is -2.20. The molecule has 5 rings (SSSR count). The van der Waals surface area contributed by atoms with Gasteiger partial charge >= 0.3 is 12.1 Å². The number of nitrogens with zero attached hydrogens (tertiary/aromatic N) is 2. The van der Waals surface area contributed by atoms with E-state index in [0.29, 0.717) is 23.5 Å². The Hall–Kier alpha value is -4.35. The van der Waals surface area contributed by atoms with Crippen LogP contribution in [0.25, 0.3) is 11.3 Å². The molecule has 0 bridgehead atoms. The lowest BCUT2D eigenvalue weighted by atomic mass is 9.93. The molecular weight excluding hydrogens is 586 g/mol. The zero-order valence-corrected chi connectivity index (χ0v) is 22.2. The van der Waals surface area contributed by atoms with Crippen molar-refractivity contribution in [3.63, 3.8) is 0 Å². The lowest BCUT2D eigenvalue weighted by Gasteiger charge is -2.24. The van der Waals surface area contributed by atoms with Crippen molar-refractivity contribution >= 4 is 40.9 Å². The second-order valence-electron chi connectivity index (χ2n) is 8.93. The fraction of sp³-hybridized carbons (Fsp3) is 0.143. The molecule has 13 heteroatoms. The number of carbonyl (C=O) groups is 2. The van der Waals surface area contributed by atoms with E-state index >= 15 is 0 Å². The predicted molar refractivity (Wildman–Crippen MR) is 144 cm³/mol. The summed E-state index contributed by atoms with van der Waals surface area (Å²) in [4.78, 5) is 24.2. The van der Waals surface area contributed by atoms with Crippen LogP contribution in [0.4, 0.5) is 19.0 Å². The number of carbonyl (C=O) groups excluding carboxylic acids is 1. The molecule has 1 amide bonds. The van der Waals surface area contributed by atoms with Gasteiger partial charge in [0.25, 0.3) is 5.91 Å². The number of hydrogen-bond donors (Lipinski definition) is 2. The van der Waals surface area contributed by atoms with Crippen LogP contribution in [0.15, 0.2) is 66.7 Å². The highest BCUT2D eigenvalue weighted by molar-refractivity contribution is 6.33. The van der Waals surface area contributed by atoms with Gasteiger partial charge in [0.15, 0.2) is 5.82 Å². The Morgan fingerprint density at radius 3 is 2.37 bits per heavy atom. The van der Waals surface area contributed by atoms with E-state index in [4.69, 9.17) is 32.7 Å². The highest BCUT2D eigenvalue weighted by Crippen LogP contribution is 2.42. The van der Waals surface area contributed by atoms with Crippen molar-refractivity contribution in [1.29, 1.82) is 0 Å². The number of fused-ring (bicyclic) bond motifs is 1. The molecule has 0 fully saturated rings. The van der Waals surface area contributed by atoms with E-state index in [1.807, 2.05) is 0 Å². The van der Waals surface area contributed by atoms with Crippen LogP contribution in [0.3, 0.4) is 0 Å². The molecule has 41 heavy (non-hydrogen) atoms. The minimum atomic E-state index is -4.52. The fourth-order valence-corrected chi connectivity index (χ4v) is 4.64. The maximum Gasteiger partial charge on any atom is 0.416 e. The SMILES string of the molecule is O=C(Nc1ccc(-c2ccc(C(F)(F)F)cc2Cl)nn1)c1ccc(Oc2cc3c(cc2Cl)C(C(=O)O)CCO3)cc1. The standard InChI is InChI=1S/C28H18Cl2F3N3O5/c29-20-11-15(28(31,32)33)3-6-18(20)22-7-8-25(36-35-22)34-26(37)14-1-4-16(5-2-14)41-24-13-23-19(12-21(24)30)17(27(38)39)9-10-40-23/h1-8,11-13,17H,9-10H2,(H,38,39)(H,34,36,37). The third-order valence-electron chi connectivity index (χ3n) is 6.22. The maximum atomic E-state index is 12.9. The molecule has 2 heterocycles. The molecule has 4 aromatic rings. The number of hydrogen-bond acceptors (Lipinski definition) is 6. The van der Waals surface area contributed by atoms with Crippen LogP contribution in [-0.4, -0.2) is 33.8 Å². The first-order chi connectivity index (χ1) is 19.5. The van der Waals surface area contributed by atoms with E-state index in [-0.39, 0.29) is 45.0 Å². The van der Waals surface area contributed by atoms with Crippen molar-refractivity contribution in [1.82, 2.24) is 10.2 Å². The molecule has 2 N–H and O–H groups in total. The molecule has 0 saturated heterocycles. The van der Waals surface area contributed by atoms with E-state index in [0.717, 1.165) is 12.1 Å². The summed E-state index contributed by atoms with van der Waals surface area (Å²) in [6.07, 6.45) is -4.19. The number of anilines is 1. The molecule has 0 saturated carbocycles. The largest absolute Gasteiger partial charge is 0.493 e. The molecule has 1 aliphatic heterocycles. The van der Waals surface area contributed by atoms with E-state index < -0.39 is 29.5 Å². The predicted octanol–water partition coefficient (Wildman–Crippen LogP) is 7.46. The first-order valence-electron chi connectivity index (χ1n) is 12.0. The molecular formula is C28H18Cl2F3N3O5. The molecule has 1 aliphatic rings. The molecule has 8 nitrogen and oxygen atoms in total. The molecule has 0 spiro atoms. The van der Waals surface area contributed by atoms with Gasteiger partial charge in [-0.3, -0.25) is 9.59 Å².